The third-order valence-corrected chi connectivity index (χ3v) is 5.63. The molecular weight excluding hydrogens is 345 g/mol. The number of benzene rings is 1. The van der Waals surface area contributed by atoms with Crippen molar-refractivity contribution in [2.45, 2.75) is 18.7 Å². The van der Waals surface area contributed by atoms with E-state index in [0.29, 0.717) is 22.8 Å². The van der Waals surface area contributed by atoms with Crippen molar-refractivity contribution in [1.82, 2.24) is 10.2 Å². The first kappa shape index (κ1) is 13.3. The number of H-pyrrole nitrogens is 1. The third kappa shape index (κ3) is 2.13. The molecule has 7 nitrogen and oxygen atoms in total. The molecule has 0 radical (unpaired) electrons. The molecule has 3 rings (SSSR count). The Morgan fingerprint density at radius 3 is 2.75 bits per heavy atom. The summed E-state index contributed by atoms with van der Waals surface area (Å²) in [4.78, 5) is 0.176. The zero-order valence-corrected chi connectivity index (χ0v) is 13.2. The maximum absolute atomic E-state index is 12.5. The number of anilines is 1. The van der Waals surface area contributed by atoms with E-state index in [2.05, 4.69) is 22.8 Å². The van der Waals surface area contributed by atoms with Crippen molar-refractivity contribution in [3.8, 4) is 0 Å². The SMILES string of the molecule is Cc1n[nH]c(C)c1S(=O)(=O)Nc1cccc2c1N=[Se]=N2. The van der Waals surface area contributed by atoms with E-state index in [0.717, 1.165) is 5.69 Å². The van der Waals surface area contributed by atoms with Crippen molar-refractivity contribution >= 4 is 41.7 Å². The minimum absolute atomic E-state index is 0.176. The summed E-state index contributed by atoms with van der Waals surface area (Å²) in [6.07, 6.45) is 0. The van der Waals surface area contributed by atoms with Crippen LogP contribution in [0, 0.1) is 13.8 Å². The predicted molar refractivity (Wildman–Crippen MR) is 75.2 cm³/mol. The molecule has 104 valence electrons. The molecule has 0 fully saturated rings. The Kier molecular flexibility index (Phi) is 3.12. The molecule has 0 bridgehead atoms. The molecule has 0 saturated heterocycles. The van der Waals surface area contributed by atoms with Crippen molar-refractivity contribution in [2.75, 3.05) is 4.72 Å². The Balaban J connectivity index is 2.04. The van der Waals surface area contributed by atoms with Crippen LogP contribution >= 0.6 is 0 Å². The number of hydrogen-bond acceptors (Lipinski definition) is 5. The fourth-order valence-electron chi connectivity index (χ4n) is 2.02. The average molecular weight is 356 g/mol. The molecule has 1 aromatic carbocycles. The molecule has 0 aliphatic carbocycles. The van der Waals surface area contributed by atoms with Gasteiger partial charge in [-0.25, -0.2) is 0 Å². The Labute approximate surface area is 121 Å². The molecule has 1 aromatic heterocycles. The van der Waals surface area contributed by atoms with Crippen LogP contribution in [-0.2, 0) is 10.0 Å². The van der Waals surface area contributed by atoms with E-state index < -0.39 is 10.0 Å². The van der Waals surface area contributed by atoms with Gasteiger partial charge in [0.05, 0.1) is 0 Å². The quantitative estimate of drug-likeness (QED) is 0.704. The van der Waals surface area contributed by atoms with Crippen molar-refractivity contribution in [3.63, 3.8) is 0 Å². The number of fused-ring (bicyclic) bond motifs is 1. The van der Waals surface area contributed by atoms with Gasteiger partial charge in [0.1, 0.15) is 0 Å². The number of aromatic amines is 1. The second-order valence-electron chi connectivity index (χ2n) is 4.31. The van der Waals surface area contributed by atoms with E-state index in [1.807, 2.05) is 6.07 Å². The Bertz CT molecular complexity index is 845. The van der Waals surface area contributed by atoms with Gasteiger partial charge >= 0.3 is 121 Å². The van der Waals surface area contributed by atoms with Crippen LogP contribution < -0.4 is 4.72 Å². The van der Waals surface area contributed by atoms with Gasteiger partial charge in [0.2, 0.25) is 0 Å². The molecule has 1 aliphatic rings. The predicted octanol–water partition coefficient (Wildman–Crippen LogP) is 2.18. The minimum atomic E-state index is -3.69. The first-order valence-corrected chi connectivity index (χ1v) is 8.76. The Morgan fingerprint density at radius 2 is 2.05 bits per heavy atom. The normalized spacial score (nSPS) is 13.1. The number of nitrogens with zero attached hydrogens (tertiary/aromatic N) is 3. The van der Waals surface area contributed by atoms with Crippen LogP contribution in [0.5, 0.6) is 0 Å². The third-order valence-electron chi connectivity index (χ3n) is 2.86. The topological polar surface area (TPSA) is 99.6 Å². The average Bonchev–Trinajstić information content (AvgIpc) is 2.96. The summed E-state index contributed by atoms with van der Waals surface area (Å²) < 4.78 is 36.0. The van der Waals surface area contributed by atoms with Gasteiger partial charge in [-0.05, 0) is 0 Å². The summed E-state index contributed by atoms with van der Waals surface area (Å²) in [5.74, 6) is 0. The Morgan fingerprint density at radius 1 is 1.25 bits per heavy atom. The van der Waals surface area contributed by atoms with E-state index in [4.69, 9.17) is 0 Å². The monoisotopic (exact) mass is 357 g/mol. The summed E-state index contributed by atoms with van der Waals surface area (Å²) in [5, 5.41) is 6.59. The second-order valence-corrected chi connectivity index (χ2v) is 7.03. The van der Waals surface area contributed by atoms with E-state index in [-0.39, 0.29) is 19.5 Å². The molecule has 20 heavy (non-hydrogen) atoms. The summed E-state index contributed by atoms with van der Waals surface area (Å²) in [7, 11) is -3.69. The summed E-state index contributed by atoms with van der Waals surface area (Å²) in [5.41, 5.74) is 2.73. The van der Waals surface area contributed by atoms with Crippen LogP contribution in [0.1, 0.15) is 11.4 Å². The summed E-state index contributed by atoms with van der Waals surface area (Å²) in [6, 6.07) is 5.26. The first-order chi connectivity index (χ1) is 9.49. The fourth-order valence-corrected chi connectivity index (χ4v) is 4.61. The van der Waals surface area contributed by atoms with Crippen molar-refractivity contribution < 1.29 is 8.42 Å². The van der Waals surface area contributed by atoms with Crippen LogP contribution in [0.25, 0.3) is 0 Å². The number of rotatable bonds is 3. The van der Waals surface area contributed by atoms with Gasteiger partial charge in [-0.1, -0.05) is 0 Å². The van der Waals surface area contributed by atoms with Gasteiger partial charge < -0.3 is 0 Å². The molecule has 0 saturated carbocycles. The second kappa shape index (κ2) is 4.69. The van der Waals surface area contributed by atoms with Crippen LogP contribution in [0.15, 0.2) is 31.0 Å². The van der Waals surface area contributed by atoms with Crippen LogP contribution in [0.2, 0.25) is 0 Å². The molecule has 0 amide bonds. The van der Waals surface area contributed by atoms with Gasteiger partial charge in [0, 0.05) is 0 Å². The van der Waals surface area contributed by atoms with Crippen LogP contribution in [0.3, 0.4) is 0 Å². The van der Waals surface area contributed by atoms with E-state index in [9.17, 15) is 8.42 Å². The fraction of sp³-hybridized carbons (Fsp3) is 0.182. The van der Waals surface area contributed by atoms with Crippen LogP contribution in [0.4, 0.5) is 17.1 Å². The standard InChI is InChI=1S/C11H11N5O2SSe/c1-6-11(7(2)13-12-6)19(17,18)14-8-4-3-5-9-10(8)16-20-15-9/h3-5,14H,1-2H3,(H,12,13). The first-order valence-electron chi connectivity index (χ1n) is 5.75. The van der Waals surface area contributed by atoms with E-state index >= 15 is 0 Å². The number of aryl methyl sites for hydroxylation is 2. The summed E-state index contributed by atoms with van der Waals surface area (Å²) >= 11 is -0.203. The number of nitrogens with one attached hydrogen (secondary N) is 2. The van der Waals surface area contributed by atoms with Gasteiger partial charge in [-0.3, -0.25) is 0 Å². The van der Waals surface area contributed by atoms with Crippen molar-refractivity contribution in [3.05, 3.63) is 29.6 Å². The van der Waals surface area contributed by atoms with Crippen molar-refractivity contribution in [2.24, 2.45) is 7.92 Å². The number of aromatic nitrogens is 2. The zero-order valence-electron chi connectivity index (χ0n) is 10.7. The molecule has 1 aliphatic heterocycles. The van der Waals surface area contributed by atoms with Gasteiger partial charge in [-0.2, -0.15) is 0 Å². The van der Waals surface area contributed by atoms with E-state index in [1.165, 1.54) is 0 Å². The summed E-state index contributed by atoms with van der Waals surface area (Å²) in [6.45, 7) is 3.32. The molecular formula is C11H11N5O2SSe. The van der Waals surface area contributed by atoms with E-state index in [1.54, 1.807) is 26.0 Å². The molecule has 0 spiro atoms. The number of sulfonamides is 1. The zero-order chi connectivity index (χ0) is 14.3. The van der Waals surface area contributed by atoms with Crippen molar-refractivity contribution in [1.29, 1.82) is 0 Å². The van der Waals surface area contributed by atoms with Gasteiger partial charge in [0.25, 0.3) is 0 Å². The number of hydrogen-bond donors (Lipinski definition) is 2. The Hall–Kier alpha value is -1.70. The van der Waals surface area contributed by atoms with Gasteiger partial charge in [0.15, 0.2) is 0 Å². The molecule has 2 N–H and O–H groups in total. The molecule has 9 heteroatoms. The molecule has 2 aromatic rings. The van der Waals surface area contributed by atoms with Gasteiger partial charge in [-0.15, -0.1) is 0 Å². The van der Waals surface area contributed by atoms with Crippen LogP contribution in [-0.4, -0.2) is 33.2 Å². The molecule has 0 unspecified atom stereocenters. The molecule has 0 atom stereocenters. The molecule has 2 heterocycles. The maximum atomic E-state index is 12.5.